The van der Waals surface area contributed by atoms with Crippen molar-refractivity contribution in [2.75, 3.05) is 0 Å². The Morgan fingerprint density at radius 1 is 1.19 bits per heavy atom. The van der Waals surface area contributed by atoms with Gasteiger partial charge in [0.2, 0.25) is 5.91 Å². The van der Waals surface area contributed by atoms with Crippen LogP contribution >= 0.6 is 0 Å². The van der Waals surface area contributed by atoms with E-state index >= 15 is 0 Å². The van der Waals surface area contributed by atoms with E-state index in [9.17, 15) is 18.8 Å². The second-order valence-electron chi connectivity index (χ2n) is 8.46. The van der Waals surface area contributed by atoms with Crippen LogP contribution in [0.2, 0.25) is 0 Å². The van der Waals surface area contributed by atoms with Gasteiger partial charge in [0.05, 0.1) is 11.6 Å². The minimum Gasteiger partial charge on any atom is -0.354 e. The van der Waals surface area contributed by atoms with E-state index in [0.717, 1.165) is 11.1 Å². The van der Waals surface area contributed by atoms with Gasteiger partial charge >= 0.3 is 0 Å². The van der Waals surface area contributed by atoms with Crippen LogP contribution in [0.1, 0.15) is 54.9 Å². The molecule has 0 spiro atoms. The first-order chi connectivity index (χ1) is 14.6. The number of amides is 1. The lowest BCUT2D eigenvalue weighted by molar-refractivity contribution is -0.128. The minimum atomic E-state index is -0.892. The Labute approximate surface area is 181 Å². The predicted octanol–water partition coefficient (Wildman–Crippen LogP) is 4.14. The molecule has 31 heavy (non-hydrogen) atoms. The van der Waals surface area contributed by atoms with Crippen LogP contribution in [0.15, 0.2) is 30.3 Å². The van der Waals surface area contributed by atoms with Crippen molar-refractivity contribution in [3.63, 3.8) is 0 Å². The van der Waals surface area contributed by atoms with Gasteiger partial charge in [-0.1, -0.05) is 18.2 Å². The molecule has 2 unspecified atom stereocenters. The molecule has 3 rings (SSSR count). The summed E-state index contributed by atoms with van der Waals surface area (Å²) in [6.45, 7) is 7.28. The topological polar surface area (TPSA) is 87.0 Å². The number of hydrogen-bond acceptors (Lipinski definition) is 4. The van der Waals surface area contributed by atoms with Gasteiger partial charge in [-0.2, -0.15) is 5.26 Å². The Morgan fingerprint density at radius 3 is 2.39 bits per heavy atom. The van der Waals surface area contributed by atoms with E-state index in [1.54, 1.807) is 38.1 Å². The maximum atomic E-state index is 14.5. The molecule has 1 N–H and O–H groups in total. The van der Waals surface area contributed by atoms with E-state index in [2.05, 4.69) is 5.32 Å². The summed E-state index contributed by atoms with van der Waals surface area (Å²) < 4.78 is 14.5. The number of halogens is 1. The molecule has 160 valence electrons. The zero-order valence-corrected chi connectivity index (χ0v) is 18.1. The molecule has 0 heterocycles. The number of nitrogens with zero attached hydrogens (tertiary/aromatic N) is 1. The van der Waals surface area contributed by atoms with Crippen molar-refractivity contribution in [2.24, 2.45) is 5.92 Å². The summed E-state index contributed by atoms with van der Waals surface area (Å²) in [6, 6.07) is 9.68. The lowest BCUT2D eigenvalue weighted by Crippen LogP contribution is -2.32. The standard InChI is InChI=1S/C25H25FN2O3/c1-13(2)28-22(30)11-18-10-21(29)24(25(18)31)23-14(3)7-17(8-15(23)4)19-6-5-16(12-27)9-20(19)26/h5-9,13,18,24H,10-11H2,1-4H3,(H,28,30). The number of nitrogens with one attached hydrogen (secondary N) is 1. The van der Waals surface area contributed by atoms with Crippen LogP contribution in [0.5, 0.6) is 0 Å². The lowest BCUT2D eigenvalue weighted by Gasteiger charge is -2.18. The molecule has 2 atom stereocenters. The molecular formula is C25H25FN2O3. The Kier molecular flexibility index (Phi) is 6.35. The summed E-state index contributed by atoms with van der Waals surface area (Å²) in [6.07, 6.45) is 0.0613. The Bertz CT molecular complexity index is 1090. The predicted molar refractivity (Wildman–Crippen MR) is 115 cm³/mol. The fourth-order valence-corrected chi connectivity index (χ4v) is 4.34. The van der Waals surface area contributed by atoms with Crippen molar-refractivity contribution < 1.29 is 18.8 Å². The Balaban J connectivity index is 1.92. The Morgan fingerprint density at radius 2 is 1.84 bits per heavy atom. The number of nitriles is 1. The fraction of sp³-hybridized carbons (Fsp3) is 0.360. The third-order valence-corrected chi connectivity index (χ3v) is 5.63. The number of hydrogen-bond donors (Lipinski definition) is 1. The number of benzene rings is 2. The summed E-state index contributed by atoms with van der Waals surface area (Å²) in [5.41, 5.74) is 3.28. The van der Waals surface area contributed by atoms with E-state index in [-0.39, 0.29) is 41.9 Å². The van der Waals surface area contributed by atoms with Crippen LogP contribution in [0, 0.1) is 36.9 Å². The second-order valence-corrected chi connectivity index (χ2v) is 8.46. The van der Waals surface area contributed by atoms with Gasteiger partial charge in [-0.3, -0.25) is 14.4 Å². The SMILES string of the molecule is Cc1cc(-c2ccc(C#N)cc2F)cc(C)c1C1C(=O)CC(CC(=O)NC(C)C)C1=O. The average molecular weight is 420 g/mol. The van der Waals surface area contributed by atoms with Crippen molar-refractivity contribution >= 4 is 17.5 Å². The molecule has 1 fully saturated rings. The quantitative estimate of drug-likeness (QED) is 0.737. The van der Waals surface area contributed by atoms with Crippen LogP contribution in [-0.2, 0) is 14.4 Å². The maximum absolute atomic E-state index is 14.5. The summed E-state index contributed by atoms with van der Waals surface area (Å²) >= 11 is 0. The van der Waals surface area contributed by atoms with Gasteiger partial charge in [-0.15, -0.1) is 0 Å². The van der Waals surface area contributed by atoms with E-state index < -0.39 is 17.7 Å². The fourth-order valence-electron chi connectivity index (χ4n) is 4.34. The van der Waals surface area contributed by atoms with Crippen molar-refractivity contribution in [1.29, 1.82) is 5.26 Å². The summed E-state index contributed by atoms with van der Waals surface area (Å²) in [7, 11) is 0. The van der Waals surface area contributed by atoms with Gasteiger partial charge in [0.1, 0.15) is 17.5 Å². The monoisotopic (exact) mass is 420 g/mol. The molecule has 6 heteroatoms. The summed E-state index contributed by atoms with van der Waals surface area (Å²) in [5.74, 6) is -2.66. The maximum Gasteiger partial charge on any atom is 0.220 e. The molecule has 0 saturated heterocycles. The minimum absolute atomic E-state index is 0.00584. The summed E-state index contributed by atoms with van der Waals surface area (Å²) in [5, 5.41) is 11.7. The van der Waals surface area contributed by atoms with E-state index in [4.69, 9.17) is 5.26 Å². The molecule has 5 nitrogen and oxygen atoms in total. The number of aryl methyl sites for hydroxylation is 2. The molecule has 1 aliphatic carbocycles. The number of rotatable bonds is 5. The Hall–Kier alpha value is -3.33. The van der Waals surface area contributed by atoms with Crippen LogP contribution in [0.25, 0.3) is 11.1 Å². The molecule has 0 aliphatic heterocycles. The van der Waals surface area contributed by atoms with Crippen molar-refractivity contribution in [3.05, 3.63) is 58.4 Å². The number of carbonyl (C=O) groups excluding carboxylic acids is 3. The molecule has 0 bridgehead atoms. The van der Waals surface area contributed by atoms with E-state index in [1.807, 2.05) is 19.9 Å². The first-order valence-corrected chi connectivity index (χ1v) is 10.3. The number of ketones is 2. The molecule has 1 amide bonds. The third-order valence-electron chi connectivity index (χ3n) is 5.63. The highest BCUT2D eigenvalue weighted by molar-refractivity contribution is 6.15. The van der Waals surface area contributed by atoms with E-state index in [1.165, 1.54) is 6.07 Å². The highest BCUT2D eigenvalue weighted by atomic mass is 19.1. The molecule has 2 aromatic rings. The summed E-state index contributed by atoms with van der Waals surface area (Å²) in [4.78, 5) is 37.9. The van der Waals surface area contributed by atoms with Crippen LogP contribution in [0.4, 0.5) is 4.39 Å². The van der Waals surface area contributed by atoms with Gasteiger partial charge in [0.15, 0.2) is 5.78 Å². The number of carbonyl (C=O) groups is 3. The zero-order valence-electron chi connectivity index (χ0n) is 18.1. The molecule has 2 aromatic carbocycles. The lowest BCUT2D eigenvalue weighted by atomic mass is 9.85. The van der Waals surface area contributed by atoms with Crippen LogP contribution in [-0.4, -0.2) is 23.5 Å². The van der Waals surface area contributed by atoms with Crippen molar-refractivity contribution in [3.8, 4) is 17.2 Å². The second kappa shape index (κ2) is 8.81. The highest BCUT2D eigenvalue weighted by Gasteiger charge is 2.43. The normalized spacial score (nSPS) is 18.4. The average Bonchev–Trinajstić information content (AvgIpc) is 2.94. The van der Waals surface area contributed by atoms with Gasteiger partial charge in [0.25, 0.3) is 0 Å². The highest BCUT2D eigenvalue weighted by Crippen LogP contribution is 2.39. The van der Waals surface area contributed by atoms with E-state index in [0.29, 0.717) is 16.7 Å². The van der Waals surface area contributed by atoms with Crippen LogP contribution < -0.4 is 5.32 Å². The van der Waals surface area contributed by atoms with Crippen LogP contribution in [0.3, 0.4) is 0 Å². The van der Waals surface area contributed by atoms with Crippen molar-refractivity contribution in [2.45, 2.75) is 52.5 Å². The van der Waals surface area contributed by atoms with Crippen molar-refractivity contribution in [1.82, 2.24) is 5.32 Å². The molecule has 1 saturated carbocycles. The molecule has 0 aromatic heterocycles. The van der Waals surface area contributed by atoms with Gasteiger partial charge < -0.3 is 5.32 Å². The van der Waals surface area contributed by atoms with Gasteiger partial charge in [-0.05, 0) is 62.1 Å². The van der Waals surface area contributed by atoms with Gasteiger partial charge in [0, 0.05) is 30.4 Å². The first-order valence-electron chi connectivity index (χ1n) is 10.3. The smallest absolute Gasteiger partial charge is 0.220 e. The third kappa shape index (κ3) is 4.56. The zero-order chi connectivity index (χ0) is 22.9. The number of Topliss-reactive ketones (excluding diaryl/α,β-unsaturated/α-hetero) is 2. The molecule has 0 radical (unpaired) electrons. The molecule has 1 aliphatic rings. The first kappa shape index (κ1) is 22.4. The molecular weight excluding hydrogens is 395 g/mol. The largest absolute Gasteiger partial charge is 0.354 e. The van der Waals surface area contributed by atoms with Gasteiger partial charge in [-0.25, -0.2) is 4.39 Å².